The zero-order valence-electron chi connectivity index (χ0n) is 6.07. The molecule has 0 bridgehead atoms. The molecule has 0 amide bonds. The molecule has 0 saturated heterocycles. The zero-order chi connectivity index (χ0) is 8.15. The maximum atomic E-state index is 10.2. The Labute approximate surface area is 59.1 Å². The second-order valence-corrected chi connectivity index (χ2v) is 1.86. The van der Waals surface area contributed by atoms with E-state index in [1.54, 1.807) is 6.92 Å². The van der Waals surface area contributed by atoms with E-state index in [0.29, 0.717) is 6.42 Å². The van der Waals surface area contributed by atoms with Gasteiger partial charge in [-0.3, -0.25) is 15.1 Å². The van der Waals surface area contributed by atoms with Gasteiger partial charge in [-0.2, -0.15) is 0 Å². The topological polar surface area (TPSA) is 81.5 Å². The Kier molecular flexibility index (Phi) is 3.38. The van der Waals surface area contributed by atoms with Crippen LogP contribution in [0.2, 0.25) is 0 Å². The molecule has 58 valence electrons. The summed E-state index contributed by atoms with van der Waals surface area (Å²) in [5, 5.41) is 10.2. The van der Waals surface area contributed by atoms with Crippen LogP contribution >= 0.6 is 0 Å². The summed E-state index contributed by atoms with van der Waals surface area (Å²) in [6, 6.07) is -0.815. The van der Waals surface area contributed by atoms with E-state index in [-0.39, 0.29) is 5.84 Å². The molecule has 0 aromatic heterocycles. The fourth-order valence-corrected chi connectivity index (χ4v) is 0.615. The van der Waals surface area contributed by atoms with Crippen molar-refractivity contribution in [1.29, 1.82) is 0 Å². The molecule has 0 aromatic carbocycles. The van der Waals surface area contributed by atoms with Crippen molar-refractivity contribution in [2.75, 3.05) is 7.05 Å². The van der Waals surface area contributed by atoms with Gasteiger partial charge in [0, 0.05) is 18.4 Å². The first-order valence-electron chi connectivity index (χ1n) is 2.99. The molecular weight excluding hydrogens is 134 g/mol. The van der Waals surface area contributed by atoms with Crippen molar-refractivity contribution >= 4 is 5.84 Å². The summed E-state index contributed by atoms with van der Waals surface area (Å²) in [5.74, 6) is 0.0903. The van der Waals surface area contributed by atoms with Crippen molar-refractivity contribution in [3.05, 3.63) is 10.1 Å². The number of nitro groups is 1. The molecule has 5 nitrogen and oxygen atoms in total. The van der Waals surface area contributed by atoms with Gasteiger partial charge in [-0.15, -0.1) is 0 Å². The molecule has 1 atom stereocenters. The van der Waals surface area contributed by atoms with Crippen LogP contribution in [0.5, 0.6) is 0 Å². The van der Waals surface area contributed by atoms with Crippen LogP contribution < -0.4 is 5.73 Å². The highest BCUT2D eigenvalue weighted by atomic mass is 16.6. The Morgan fingerprint density at radius 3 is 2.50 bits per heavy atom. The van der Waals surface area contributed by atoms with Crippen LogP contribution in [-0.2, 0) is 0 Å². The number of hydrogen-bond donors (Lipinski definition) is 1. The maximum Gasteiger partial charge on any atom is 0.268 e. The van der Waals surface area contributed by atoms with Gasteiger partial charge in [0.25, 0.3) is 6.04 Å². The molecule has 0 rings (SSSR count). The third-order valence-corrected chi connectivity index (χ3v) is 1.24. The Morgan fingerprint density at radius 1 is 1.90 bits per heavy atom. The molecule has 0 fully saturated rings. The van der Waals surface area contributed by atoms with Crippen LogP contribution in [-0.4, -0.2) is 23.8 Å². The third kappa shape index (κ3) is 2.00. The first kappa shape index (κ1) is 8.87. The van der Waals surface area contributed by atoms with Crippen LogP contribution in [0.15, 0.2) is 4.99 Å². The van der Waals surface area contributed by atoms with Crippen LogP contribution in [0, 0.1) is 10.1 Å². The molecule has 0 radical (unpaired) electrons. The van der Waals surface area contributed by atoms with Crippen LogP contribution in [0.25, 0.3) is 0 Å². The minimum absolute atomic E-state index is 0.0903. The van der Waals surface area contributed by atoms with Crippen LogP contribution in [0.3, 0.4) is 0 Å². The summed E-state index contributed by atoms with van der Waals surface area (Å²) < 4.78 is 0. The van der Waals surface area contributed by atoms with E-state index in [1.165, 1.54) is 7.05 Å². The Balaban J connectivity index is 4.21. The van der Waals surface area contributed by atoms with Crippen molar-refractivity contribution in [3.8, 4) is 0 Å². The summed E-state index contributed by atoms with van der Waals surface area (Å²) >= 11 is 0. The Bertz CT molecular complexity index is 155. The van der Waals surface area contributed by atoms with Crippen molar-refractivity contribution < 1.29 is 4.92 Å². The smallest absolute Gasteiger partial charge is 0.268 e. The van der Waals surface area contributed by atoms with Gasteiger partial charge in [-0.05, 0) is 0 Å². The second kappa shape index (κ2) is 3.81. The number of amidine groups is 1. The van der Waals surface area contributed by atoms with Crippen molar-refractivity contribution in [2.24, 2.45) is 10.7 Å². The molecule has 1 unspecified atom stereocenters. The second-order valence-electron chi connectivity index (χ2n) is 1.86. The standard InChI is InChI=1S/C5H11N3O2/c1-3-4(8(9)10)5(6)7-2/h4H,3H2,1-2H3,(H2,6,7). The van der Waals surface area contributed by atoms with E-state index in [1.807, 2.05) is 0 Å². The lowest BCUT2D eigenvalue weighted by molar-refractivity contribution is -0.503. The molecule has 0 aromatic rings. The van der Waals surface area contributed by atoms with E-state index in [2.05, 4.69) is 4.99 Å². The largest absolute Gasteiger partial charge is 0.382 e. The molecule has 0 saturated carbocycles. The fraction of sp³-hybridized carbons (Fsp3) is 0.800. The van der Waals surface area contributed by atoms with Gasteiger partial charge in [0.1, 0.15) is 0 Å². The van der Waals surface area contributed by atoms with E-state index in [4.69, 9.17) is 5.73 Å². The van der Waals surface area contributed by atoms with Gasteiger partial charge in [0.2, 0.25) is 0 Å². The highest BCUT2D eigenvalue weighted by Crippen LogP contribution is 1.95. The normalized spacial score (nSPS) is 14.8. The lowest BCUT2D eigenvalue weighted by Crippen LogP contribution is -2.34. The third-order valence-electron chi connectivity index (χ3n) is 1.24. The van der Waals surface area contributed by atoms with E-state index in [9.17, 15) is 10.1 Å². The average molecular weight is 145 g/mol. The molecule has 10 heavy (non-hydrogen) atoms. The summed E-state index contributed by atoms with van der Waals surface area (Å²) in [5.41, 5.74) is 5.24. The molecule has 0 heterocycles. The number of rotatable bonds is 3. The zero-order valence-corrected chi connectivity index (χ0v) is 6.07. The van der Waals surface area contributed by atoms with Gasteiger partial charge in [0.05, 0.1) is 0 Å². The van der Waals surface area contributed by atoms with Crippen LogP contribution in [0.4, 0.5) is 0 Å². The molecule has 0 aliphatic carbocycles. The average Bonchev–Trinajstić information content (AvgIpc) is 1.88. The van der Waals surface area contributed by atoms with Crippen molar-refractivity contribution in [2.45, 2.75) is 19.4 Å². The molecule has 0 aliphatic rings. The summed E-state index contributed by atoms with van der Waals surface area (Å²) in [4.78, 5) is 13.3. The predicted octanol–water partition coefficient (Wildman–Crippen LogP) is 0.0287. The number of aliphatic imine (C=N–C) groups is 1. The Morgan fingerprint density at radius 2 is 2.40 bits per heavy atom. The van der Waals surface area contributed by atoms with Gasteiger partial charge in [0.15, 0.2) is 5.84 Å². The van der Waals surface area contributed by atoms with Crippen molar-refractivity contribution in [1.82, 2.24) is 0 Å². The first-order chi connectivity index (χ1) is 4.63. The van der Waals surface area contributed by atoms with E-state index in [0.717, 1.165) is 0 Å². The van der Waals surface area contributed by atoms with Gasteiger partial charge < -0.3 is 5.73 Å². The minimum Gasteiger partial charge on any atom is -0.382 e. The maximum absolute atomic E-state index is 10.2. The lowest BCUT2D eigenvalue weighted by atomic mass is 10.2. The molecule has 0 spiro atoms. The monoisotopic (exact) mass is 145 g/mol. The highest BCUT2D eigenvalue weighted by molar-refractivity contribution is 5.84. The van der Waals surface area contributed by atoms with Gasteiger partial charge in [-0.25, -0.2) is 0 Å². The van der Waals surface area contributed by atoms with Crippen LogP contribution in [0.1, 0.15) is 13.3 Å². The molecule has 0 aliphatic heterocycles. The summed E-state index contributed by atoms with van der Waals surface area (Å²) in [6.07, 6.45) is 0.385. The molecule has 2 N–H and O–H groups in total. The summed E-state index contributed by atoms with van der Waals surface area (Å²) in [6.45, 7) is 1.70. The van der Waals surface area contributed by atoms with Gasteiger partial charge >= 0.3 is 0 Å². The lowest BCUT2D eigenvalue weighted by Gasteiger charge is -2.03. The van der Waals surface area contributed by atoms with Crippen molar-refractivity contribution in [3.63, 3.8) is 0 Å². The van der Waals surface area contributed by atoms with Gasteiger partial charge in [-0.1, -0.05) is 6.92 Å². The number of nitrogens with two attached hydrogens (primary N) is 1. The highest BCUT2D eigenvalue weighted by Gasteiger charge is 2.20. The molecule has 5 heteroatoms. The fourth-order valence-electron chi connectivity index (χ4n) is 0.615. The molecular formula is C5H11N3O2. The Hall–Kier alpha value is -1.13. The predicted molar refractivity (Wildman–Crippen MR) is 38.6 cm³/mol. The summed E-state index contributed by atoms with van der Waals surface area (Å²) in [7, 11) is 1.45. The number of hydrogen-bond acceptors (Lipinski definition) is 3. The van der Waals surface area contributed by atoms with E-state index < -0.39 is 11.0 Å². The SMILES string of the molecule is CCC(C(N)=NC)[N+](=O)[O-]. The quantitative estimate of drug-likeness (QED) is 0.263. The number of nitrogens with zero attached hydrogens (tertiary/aromatic N) is 2. The first-order valence-corrected chi connectivity index (χ1v) is 2.99. The van der Waals surface area contributed by atoms with E-state index >= 15 is 0 Å². The minimum atomic E-state index is -0.815.